The van der Waals surface area contributed by atoms with Crippen LogP contribution >= 0.6 is 11.6 Å². The molecule has 0 radical (unpaired) electrons. The van der Waals surface area contributed by atoms with E-state index in [2.05, 4.69) is 14.9 Å². The first kappa shape index (κ1) is 16.1. The number of H-pyrrole nitrogens is 1. The minimum absolute atomic E-state index is 0.0756. The van der Waals surface area contributed by atoms with Crippen LogP contribution in [-0.2, 0) is 6.54 Å². The minimum Gasteiger partial charge on any atom is -0.477 e. The zero-order valence-electron chi connectivity index (χ0n) is 13.4. The Morgan fingerprint density at radius 1 is 1.32 bits per heavy atom. The van der Waals surface area contributed by atoms with Gasteiger partial charge in [-0.15, -0.1) is 0 Å². The van der Waals surface area contributed by atoms with Crippen molar-refractivity contribution in [2.24, 2.45) is 0 Å². The number of rotatable bonds is 4. The van der Waals surface area contributed by atoms with Crippen LogP contribution in [0.1, 0.15) is 40.9 Å². The SMILES string of the molecule is O=C(O)c1cccc(CN2CCC[C@@H]2c2nc3ccc(Cl)cc3[nH]2)n1. The largest absolute Gasteiger partial charge is 0.477 e. The van der Waals surface area contributed by atoms with Gasteiger partial charge in [0, 0.05) is 11.6 Å². The Morgan fingerprint density at radius 3 is 3.04 bits per heavy atom. The molecule has 1 aliphatic rings. The molecule has 1 fully saturated rings. The Kier molecular flexibility index (Phi) is 4.15. The van der Waals surface area contributed by atoms with E-state index in [0.29, 0.717) is 11.6 Å². The standard InChI is InChI=1S/C18H17ClN4O2/c19-11-6-7-13-15(9-11)22-17(21-13)16-5-2-8-23(16)10-12-3-1-4-14(20-12)18(24)25/h1,3-4,6-7,9,16H,2,5,8,10H2,(H,21,22)(H,24,25)/t16-/m1/s1. The van der Waals surface area contributed by atoms with Crippen LogP contribution in [0.3, 0.4) is 0 Å². The minimum atomic E-state index is -1.01. The summed E-state index contributed by atoms with van der Waals surface area (Å²) >= 11 is 6.05. The van der Waals surface area contributed by atoms with E-state index in [4.69, 9.17) is 21.7 Å². The maximum Gasteiger partial charge on any atom is 0.354 e. The Bertz CT molecular complexity index is 940. The lowest BCUT2D eigenvalue weighted by Crippen LogP contribution is -2.24. The molecule has 128 valence electrons. The van der Waals surface area contributed by atoms with Crippen LogP contribution in [-0.4, -0.2) is 37.5 Å². The van der Waals surface area contributed by atoms with Gasteiger partial charge >= 0.3 is 5.97 Å². The van der Waals surface area contributed by atoms with Crippen LogP contribution in [0.5, 0.6) is 0 Å². The molecular weight excluding hydrogens is 340 g/mol. The van der Waals surface area contributed by atoms with E-state index >= 15 is 0 Å². The Morgan fingerprint density at radius 2 is 2.20 bits per heavy atom. The fraction of sp³-hybridized carbons (Fsp3) is 0.278. The molecule has 0 amide bonds. The molecule has 6 nitrogen and oxygen atoms in total. The number of fused-ring (bicyclic) bond motifs is 1. The van der Waals surface area contributed by atoms with Crippen LogP contribution in [0.2, 0.25) is 5.02 Å². The fourth-order valence-corrected chi connectivity index (χ4v) is 3.55. The third-order valence-electron chi connectivity index (χ3n) is 4.53. The number of carbonyl (C=O) groups is 1. The summed E-state index contributed by atoms with van der Waals surface area (Å²) in [6.45, 7) is 1.53. The number of likely N-dealkylation sites (tertiary alicyclic amines) is 1. The molecule has 0 saturated carbocycles. The van der Waals surface area contributed by atoms with Crippen LogP contribution in [0.4, 0.5) is 0 Å². The van der Waals surface area contributed by atoms with E-state index in [1.165, 1.54) is 6.07 Å². The predicted molar refractivity (Wildman–Crippen MR) is 94.7 cm³/mol. The molecule has 7 heteroatoms. The zero-order valence-corrected chi connectivity index (χ0v) is 14.2. The highest BCUT2D eigenvalue weighted by molar-refractivity contribution is 6.31. The van der Waals surface area contributed by atoms with Crippen molar-refractivity contribution in [3.05, 3.63) is 58.6 Å². The maximum atomic E-state index is 11.1. The number of benzene rings is 1. The van der Waals surface area contributed by atoms with E-state index in [-0.39, 0.29) is 11.7 Å². The summed E-state index contributed by atoms with van der Waals surface area (Å²) in [6, 6.07) is 10.9. The zero-order chi connectivity index (χ0) is 17.4. The molecule has 1 aliphatic heterocycles. The highest BCUT2D eigenvalue weighted by atomic mass is 35.5. The Balaban J connectivity index is 1.59. The van der Waals surface area contributed by atoms with Crippen molar-refractivity contribution in [3.63, 3.8) is 0 Å². The fourth-order valence-electron chi connectivity index (χ4n) is 3.38. The van der Waals surface area contributed by atoms with Crippen LogP contribution in [0, 0.1) is 0 Å². The summed E-state index contributed by atoms with van der Waals surface area (Å²) in [4.78, 5) is 25.7. The molecule has 2 aromatic heterocycles. The quantitative estimate of drug-likeness (QED) is 0.745. The number of halogens is 1. The van der Waals surface area contributed by atoms with Gasteiger partial charge in [-0.2, -0.15) is 0 Å². The van der Waals surface area contributed by atoms with Gasteiger partial charge in [-0.1, -0.05) is 17.7 Å². The maximum absolute atomic E-state index is 11.1. The number of nitrogens with zero attached hydrogens (tertiary/aromatic N) is 3. The summed E-state index contributed by atoms with van der Waals surface area (Å²) in [5.41, 5.74) is 2.66. The van der Waals surface area contributed by atoms with E-state index in [0.717, 1.165) is 41.9 Å². The van der Waals surface area contributed by atoms with E-state index in [9.17, 15) is 4.79 Å². The van der Waals surface area contributed by atoms with Gasteiger partial charge in [-0.3, -0.25) is 4.90 Å². The third kappa shape index (κ3) is 3.23. The van der Waals surface area contributed by atoms with Crippen molar-refractivity contribution >= 4 is 28.6 Å². The van der Waals surface area contributed by atoms with Crippen LogP contribution in [0.25, 0.3) is 11.0 Å². The first-order valence-electron chi connectivity index (χ1n) is 8.18. The van der Waals surface area contributed by atoms with E-state index < -0.39 is 5.97 Å². The average molecular weight is 357 g/mol. The monoisotopic (exact) mass is 356 g/mol. The molecule has 0 bridgehead atoms. The molecule has 3 heterocycles. The second-order valence-electron chi connectivity index (χ2n) is 6.23. The highest BCUT2D eigenvalue weighted by Crippen LogP contribution is 2.32. The topological polar surface area (TPSA) is 82.1 Å². The van der Waals surface area contributed by atoms with Gasteiger partial charge in [0.15, 0.2) is 0 Å². The number of hydrogen-bond acceptors (Lipinski definition) is 4. The molecule has 0 aliphatic carbocycles. The lowest BCUT2D eigenvalue weighted by atomic mass is 10.2. The molecule has 1 atom stereocenters. The number of hydrogen-bond donors (Lipinski definition) is 2. The number of nitrogens with one attached hydrogen (secondary N) is 1. The lowest BCUT2D eigenvalue weighted by Gasteiger charge is -2.22. The number of aromatic carboxylic acids is 1. The molecular formula is C18H17ClN4O2. The summed E-state index contributed by atoms with van der Waals surface area (Å²) in [6.07, 6.45) is 2.08. The van der Waals surface area contributed by atoms with Crippen molar-refractivity contribution in [2.75, 3.05) is 6.54 Å². The van der Waals surface area contributed by atoms with Crippen molar-refractivity contribution < 1.29 is 9.90 Å². The number of aromatic amines is 1. The molecule has 4 rings (SSSR count). The van der Waals surface area contributed by atoms with Crippen molar-refractivity contribution in [1.29, 1.82) is 0 Å². The third-order valence-corrected chi connectivity index (χ3v) is 4.77. The number of carboxylic acid groups (broad SMARTS) is 1. The van der Waals surface area contributed by atoms with Gasteiger partial charge < -0.3 is 10.1 Å². The normalized spacial score (nSPS) is 18.0. The predicted octanol–water partition coefficient (Wildman–Crippen LogP) is 3.65. The number of aromatic nitrogens is 3. The van der Waals surface area contributed by atoms with Gasteiger partial charge in [0.05, 0.1) is 22.8 Å². The second kappa shape index (κ2) is 6.46. The van der Waals surface area contributed by atoms with Gasteiger partial charge in [-0.25, -0.2) is 14.8 Å². The first-order chi connectivity index (χ1) is 12.1. The number of pyridine rings is 1. The summed E-state index contributed by atoms with van der Waals surface area (Å²) in [7, 11) is 0. The van der Waals surface area contributed by atoms with Gasteiger partial charge in [0.2, 0.25) is 0 Å². The van der Waals surface area contributed by atoms with Crippen molar-refractivity contribution in [3.8, 4) is 0 Å². The molecule has 2 N–H and O–H groups in total. The van der Waals surface area contributed by atoms with Gasteiger partial charge in [-0.05, 0) is 49.7 Å². The molecule has 1 aromatic carbocycles. The van der Waals surface area contributed by atoms with Gasteiger partial charge in [0.1, 0.15) is 11.5 Å². The summed E-state index contributed by atoms with van der Waals surface area (Å²) < 4.78 is 0. The van der Waals surface area contributed by atoms with Crippen molar-refractivity contribution in [2.45, 2.75) is 25.4 Å². The average Bonchev–Trinajstić information content (AvgIpc) is 3.20. The molecule has 0 unspecified atom stereocenters. The first-order valence-corrected chi connectivity index (χ1v) is 8.56. The van der Waals surface area contributed by atoms with E-state index in [1.54, 1.807) is 6.07 Å². The van der Waals surface area contributed by atoms with Crippen molar-refractivity contribution in [1.82, 2.24) is 19.9 Å². The lowest BCUT2D eigenvalue weighted by molar-refractivity contribution is 0.0690. The smallest absolute Gasteiger partial charge is 0.354 e. The Hall–Kier alpha value is -2.44. The molecule has 0 spiro atoms. The molecule has 3 aromatic rings. The Labute approximate surface area is 149 Å². The summed E-state index contributed by atoms with van der Waals surface area (Å²) in [5.74, 6) is -0.0851. The van der Waals surface area contributed by atoms with Gasteiger partial charge in [0.25, 0.3) is 0 Å². The number of carboxylic acids is 1. The highest BCUT2D eigenvalue weighted by Gasteiger charge is 2.29. The van der Waals surface area contributed by atoms with E-state index in [1.807, 2.05) is 24.3 Å². The molecule has 1 saturated heterocycles. The van der Waals surface area contributed by atoms with Crippen LogP contribution < -0.4 is 0 Å². The second-order valence-corrected chi connectivity index (χ2v) is 6.67. The molecule has 25 heavy (non-hydrogen) atoms. The number of imidazole rings is 1. The van der Waals surface area contributed by atoms with Crippen LogP contribution in [0.15, 0.2) is 36.4 Å². The summed E-state index contributed by atoms with van der Waals surface area (Å²) in [5, 5.41) is 9.78.